The van der Waals surface area contributed by atoms with Gasteiger partial charge < -0.3 is 19.1 Å². The standard InChI is InChI=1S/C19H26ClNO5/c1-13(2)11-25-18-15(20)9-14(10-16(18)24-3)19(23)26-12-17(22)21-7-5-4-6-8-21/h9-10,13H,4-8,11-12H2,1-3H3. The van der Waals surface area contributed by atoms with Crippen LogP contribution < -0.4 is 9.47 Å². The zero-order valence-electron chi connectivity index (χ0n) is 15.5. The Morgan fingerprint density at radius 2 is 1.88 bits per heavy atom. The predicted molar refractivity (Wildman–Crippen MR) is 99.1 cm³/mol. The van der Waals surface area contributed by atoms with Gasteiger partial charge in [0.25, 0.3) is 5.91 Å². The minimum Gasteiger partial charge on any atom is -0.493 e. The number of rotatable bonds is 7. The molecule has 1 aromatic rings. The van der Waals surface area contributed by atoms with E-state index in [1.165, 1.54) is 19.2 Å². The van der Waals surface area contributed by atoms with E-state index in [1.807, 2.05) is 13.8 Å². The molecular weight excluding hydrogens is 358 g/mol. The number of amides is 1. The van der Waals surface area contributed by atoms with Gasteiger partial charge in [-0.25, -0.2) is 4.79 Å². The molecule has 2 rings (SSSR count). The zero-order chi connectivity index (χ0) is 19.1. The molecule has 0 radical (unpaired) electrons. The lowest BCUT2D eigenvalue weighted by Crippen LogP contribution is -2.38. The van der Waals surface area contributed by atoms with Gasteiger partial charge in [0, 0.05) is 13.1 Å². The van der Waals surface area contributed by atoms with Gasteiger partial charge in [0.2, 0.25) is 0 Å². The Hall–Kier alpha value is -1.95. The molecule has 0 N–H and O–H groups in total. The lowest BCUT2D eigenvalue weighted by molar-refractivity contribution is -0.135. The van der Waals surface area contributed by atoms with Crippen LogP contribution >= 0.6 is 11.6 Å². The Balaban J connectivity index is 2.01. The molecule has 6 nitrogen and oxygen atoms in total. The number of methoxy groups -OCH3 is 1. The first kappa shape index (κ1) is 20.4. The number of benzene rings is 1. The minimum absolute atomic E-state index is 0.173. The van der Waals surface area contributed by atoms with E-state index in [2.05, 4.69) is 0 Å². The smallest absolute Gasteiger partial charge is 0.338 e. The van der Waals surface area contributed by atoms with Gasteiger partial charge in [0.15, 0.2) is 18.1 Å². The molecule has 26 heavy (non-hydrogen) atoms. The Bertz CT molecular complexity index is 641. The van der Waals surface area contributed by atoms with E-state index in [4.69, 9.17) is 25.8 Å². The Morgan fingerprint density at radius 3 is 2.50 bits per heavy atom. The van der Waals surface area contributed by atoms with Crippen molar-refractivity contribution >= 4 is 23.5 Å². The van der Waals surface area contributed by atoms with E-state index < -0.39 is 5.97 Å². The van der Waals surface area contributed by atoms with Crippen molar-refractivity contribution in [3.8, 4) is 11.5 Å². The summed E-state index contributed by atoms with van der Waals surface area (Å²) in [5.41, 5.74) is 0.218. The van der Waals surface area contributed by atoms with E-state index in [0.717, 1.165) is 32.4 Å². The van der Waals surface area contributed by atoms with Crippen LogP contribution in [0.1, 0.15) is 43.5 Å². The van der Waals surface area contributed by atoms with Crippen LogP contribution in [0.15, 0.2) is 12.1 Å². The highest BCUT2D eigenvalue weighted by atomic mass is 35.5. The molecule has 1 heterocycles. The molecule has 0 unspecified atom stereocenters. The van der Waals surface area contributed by atoms with Gasteiger partial charge in [-0.3, -0.25) is 4.79 Å². The fourth-order valence-electron chi connectivity index (χ4n) is 2.67. The molecule has 0 saturated carbocycles. The molecule has 0 spiro atoms. The molecular formula is C19H26ClNO5. The molecule has 1 aliphatic heterocycles. The summed E-state index contributed by atoms with van der Waals surface area (Å²) in [4.78, 5) is 26.1. The average molecular weight is 384 g/mol. The van der Waals surface area contributed by atoms with E-state index in [0.29, 0.717) is 24.0 Å². The lowest BCUT2D eigenvalue weighted by atomic mass is 10.1. The van der Waals surface area contributed by atoms with E-state index in [1.54, 1.807) is 4.90 Å². The van der Waals surface area contributed by atoms with Gasteiger partial charge in [-0.15, -0.1) is 0 Å². The molecule has 0 aromatic heterocycles. The van der Waals surface area contributed by atoms with Crippen molar-refractivity contribution in [3.63, 3.8) is 0 Å². The van der Waals surface area contributed by atoms with E-state index >= 15 is 0 Å². The van der Waals surface area contributed by atoms with Crippen LogP contribution in [0, 0.1) is 5.92 Å². The Labute approximate surface area is 159 Å². The Kier molecular flexibility index (Phi) is 7.57. The number of likely N-dealkylation sites (tertiary alicyclic amines) is 1. The van der Waals surface area contributed by atoms with Crippen molar-refractivity contribution in [1.82, 2.24) is 4.90 Å². The van der Waals surface area contributed by atoms with Crippen molar-refractivity contribution in [1.29, 1.82) is 0 Å². The summed E-state index contributed by atoms with van der Waals surface area (Å²) in [6.45, 7) is 5.68. The molecule has 1 fully saturated rings. The van der Waals surface area contributed by atoms with Gasteiger partial charge in [0.05, 0.1) is 24.3 Å². The summed E-state index contributed by atoms with van der Waals surface area (Å²) in [7, 11) is 1.48. The van der Waals surface area contributed by atoms with Crippen molar-refractivity contribution in [3.05, 3.63) is 22.7 Å². The summed E-state index contributed by atoms with van der Waals surface area (Å²) in [6, 6.07) is 2.97. The first-order valence-electron chi connectivity index (χ1n) is 8.87. The topological polar surface area (TPSA) is 65.1 Å². The summed E-state index contributed by atoms with van der Waals surface area (Å²) in [5, 5.41) is 0.263. The maximum absolute atomic E-state index is 12.3. The number of carbonyl (C=O) groups excluding carboxylic acids is 2. The van der Waals surface area contributed by atoms with Crippen LogP contribution in [0.3, 0.4) is 0 Å². The Morgan fingerprint density at radius 1 is 1.19 bits per heavy atom. The molecule has 144 valence electrons. The number of ether oxygens (including phenoxy) is 3. The predicted octanol–water partition coefficient (Wildman–Crippen LogP) is 3.55. The van der Waals surface area contributed by atoms with Gasteiger partial charge in [-0.05, 0) is 37.3 Å². The third-order valence-electron chi connectivity index (χ3n) is 4.06. The normalized spacial score (nSPS) is 14.3. The summed E-state index contributed by atoms with van der Waals surface area (Å²) in [6.07, 6.45) is 3.11. The highest BCUT2D eigenvalue weighted by Gasteiger charge is 2.21. The maximum atomic E-state index is 12.3. The van der Waals surface area contributed by atoms with Gasteiger partial charge >= 0.3 is 5.97 Å². The van der Waals surface area contributed by atoms with Crippen LogP contribution in [0.5, 0.6) is 11.5 Å². The van der Waals surface area contributed by atoms with Crippen LogP contribution in [-0.4, -0.2) is 50.2 Å². The van der Waals surface area contributed by atoms with Crippen LogP contribution in [-0.2, 0) is 9.53 Å². The molecule has 0 aliphatic carbocycles. The van der Waals surface area contributed by atoms with Crippen molar-refractivity contribution in [2.45, 2.75) is 33.1 Å². The van der Waals surface area contributed by atoms with Crippen molar-refractivity contribution in [2.75, 3.05) is 33.4 Å². The number of hydrogen-bond donors (Lipinski definition) is 0. The molecule has 7 heteroatoms. The van der Waals surface area contributed by atoms with Gasteiger partial charge in [-0.1, -0.05) is 25.4 Å². The molecule has 1 aliphatic rings. The van der Waals surface area contributed by atoms with Gasteiger partial charge in [0.1, 0.15) is 0 Å². The fourth-order valence-corrected chi connectivity index (χ4v) is 2.94. The highest BCUT2D eigenvalue weighted by molar-refractivity contribution is 6.32. The number of esters is 1. The minimum atomic E-state index is -0.619. The van der Waals surface area contributed by atoms with Crippen molar-refractivity contribution in [2.24, 2.45) is 5.92 Å². The largest absolute Gasteiger partial charge is 0.493 e. The molecule has 0 bridgehead atoms. The molecule has 1 amide bonds. The van der Waals surface area contributed by atoms with E-state index in [-0.39, 0.29) is 23.1 Å². The fraction of sp³-hybridized carbons (Fsp3) is 0.579. The number of halogens is 1. The number of nitrogens with zero attached hydrogens (tertiary/aromatic N) is 1. The second kappa shape index (κ2) is 9.67. The number of piperidine rings is 1. The maximum Gasteiger partial charge on any atom is 0.338 e. The summed E-state index contributed by atoms with van der Waals surface area (Å²) < 4.78 is 16.1. The third kappa shape index (κ3) is 5.53. The quantitative estimate of drug-likeness (QED) is 0.673. The van der Waals surface area contributed by atoms with E-state index in [9.17, 15) is 9.59 Å². The first-order chi connectivity index (χ1) is 12.4. The van der Waals surface area contributed by atoms with Crippen LogP contribution in [0.4, 0.5) is 0 Å². The molecule has 1 aromatic carbocycles. The second-order valence-electron chi connectivity index (χ2n) is 6.71. The second-order valence-corrected chi connectivity index (χ2v) is 7.12. The summed E-state index contributed by atoms with van der Waals surface area (Å²) >= 11 is 6.24. The highest BCUT2D eigenvalue weighted by Crippen LogP contribution is 2.36. The summed E-state index contributed by atoms with van der Waals surface area (Å²) in [5.74, 6) is 0.274. The van der Waals surface area contributed by atoms with Gasteiger partial charge in [-0.2, -0.15) is 0 Å². The monoisotopic (exact) mass is 383 g/mol. The SMILES string of the molecule is COc1cc(C(=O)OCC(=O)N2CCCCC2)cc(Cl)c1OCC(C)C. The lowest BCUT2D eigenvalue weighted by Gasteiger charge is -2.26. The van der Waals surface area contributed by atoms with Crippen LogP contribution in [0.2, 0.25) is 5.02 Å². The van der Waals surface area contributed by atoms with Crippen molar-refractivity contribution < 1.29 is 23.8 Å². The number of hydrogen-bond acceptors (Lipinski definition) is 5. The average Bonchev–Trinajstić information content (AvgIpc) is 2.64. The third-order valence-corrected chi connectivity index (χ3v) is 4.34. The van der Waals surface area contributed by atoms with Crippen LogP contribution in [0.25, 0.3) is 0 Å². The number of carbonyl (C=O) groups is 2. The zero-order valence-corrected chi connectivity index (χ0v) is 16.3. The molecule has 0 atom stereocenters. The molecule has 1 saturated heterocycles. The first-order valence-corrected chi connectivity index (χ1v) is 9.25.